The second-order valence-electron chi connectivity index (χ2n) is 7.95. The van der Waals surface area contributed by atoms with Gasteiger partial charge in [0, 0.05) is 30.0 Å². The van der Waals surface area contributed by atoms with E-state index in [1.807, 2.05) is 55.1 Å². The molecule has 0 bridgehead atoms. The second-order valence-corrected chi connectivity index (χ2v) is 8.98. The summed E-state index contributed by atoms with van der Waals surface area (Å²) in [6.07, 6.45) is 3.74. The number of amides is 1. The number of rotatable bonds is 6. The molecule has 5 rings (SSSR count). The fourth-order valence-corrected chi connectivity index (χ4v) is 4.80. The van der Waals surface area contributed by atoms with Gasteiger partial charge in [-0.1, -0.05) is 24.3 Å². The van der Waals surface area contributed by atoms with Gasteiger partial charge in [0.1, 0.15) is 16.5 Å². The van der Waals surface area contributed by atoms with Crippen LogP contribution in [0.3, 0.4) is 0 Å². The van der Waals surface area contributed by atoms with Crippen molar-refractivity contribution in [3.8, 4) is 0 Å². The van der Waals surface area contributed by atoms with E-state index in [4.69, 9.17) is 0 Å². The number of aromatic nitrogens is 4. The molecule has 0 unspecified atom stereocenters. The summed E-state index contributed by atoms with van der Waals surface area (Å²) in [5, 5.41) is 8.53. The number of fused-ring (bicyclic) bond motifs is 1. The zero-order valence-corrected chi connectivity index (χ0v) is 19.1. The first-order chi connectivity index (χ1) is 16.0. The Morgan fingerprint density at radius 1 is 1.03 bits per heavy atom. The molecule has 3 aromatic heterocycles. The van der Waals surface area contributed by atoms with E-state index in [1.165, 1.54) is 23.5 Å². The topological polar surface area (TPSA) is 64.7 Å². The fraction of sp³-hybridized carbons (Fsp3) is 0.160. The summed E-state index contributed by atoms with van der Waals surface area (Å²) in [6, 6.07) is 16.1. The first-order valence-electron chi connectivity index (χ1n) is 10.6. The molecule has 0 aliphatic heterocycles. The molecule has 0 radical (unpaired) electrons. The van der Waals surface area contributed by atoms with E-state index in [0.717, 1.165) is 45.1 Å². The molecule has 3 heterocycles. The molecule has 0 atom stereocenters. The summed E-state index contributed by atoms with van der Waals surface area (Å²) in [5.74, 6) is 0.549. The van der Waals surface area contributed by atoms with Gasteiger partial charge < -0.3 is 9.88 Å². The highest BCUT2D eigenvalue weighted by atomic mass is 32.1. The minimum Gasteiger partial charge on any atom is -0.331 e. The van der Waals surface area contributed by atoms with Crippen molar-refractivity contribution in [3.05, 3.63) is 100 Å². The lowest BCUT2D eigenvalue weighted by molar-refractivity contribution is 0.103. The maximum Gasteiger partial charge on any atom is 0.265 e. The molecule has 33 heavy (non-hydrogen) atoms. The summed E-state index contributed by atoms with van der Waals surface area (Å²) in [7, 11) is 0. The van der Waals surface area contributed by atoms with Gasteiger partial charge in [-0.05, 0) is 55.3 Å². The number of carbonyl (C=O) groups excluding carboxylic acids is 1. The summed E-state index contributed by atoms with van der Waals surface area (Å²) in [5.41, 5.74) is 3.69. The SMILES string of the molecule is Cc1nn(Cc2ccc(F)cc2)c2sc(C(=O)Nc3ccc(Cn4ccnc4C)cc3)cc12. The lowest BCUT2D eigenvalue weighted by Crippen LogP contribution is -2.10. The van der Waals surface area contributed by atoms with E-state index < -0.39 is 0 Å². The molecule has 0 saturated heterocycles. The number of nitrogens with one attached hydrogen (secondary N) is 1. The molecule has 0 fully saturated rings. The van der Waals surface area contributed by atoms with Gasteiger partial charge in [-0.25, -0.2) is 9.37 Å². The average Bonchev–Trinajstić information content (AvgIpc) is 3.49. The maximum atomic E-state index is 13.2. The van der Waals surface area contributed by atoms with E-state index in [0.29, 0.717) is 11.4 Å². The first kappa shape index (κ1) is 21.1. The van der Waals surface area contributed by atoms with Crippen LogP contribution in [0.25, 0.3) is 10.2 Å². The van der Waals surface area contributed by atoms with E-state index in [9.17, 15) is 9.18 Å². The Morgan fingerprint density at radius 2 is 1.73 bits per heavy atom. The third kappa shape index (κ3) is 4.42. The van der Waals surface area contributed by atoms with Gasteiger partial charge in [-0.2, -0.15) is 5.10 Å². The van der Waals surface area contributed by atoms with Crippen molar-refractivity contribution >= 4 is 33.1 Å². The number of benzene rings is 2. The number of anilines is 1. The van der Waals surface area contributed by atoms with E-state index >= 15 is 0 Å². The monoisotopic (exact) mass is 459 g/mol. The highest BCUT2D eigenvalue weighted by Gasteiger charge is 2.17. The predicted molar refractivity (Wildman–Crippen MR) is 128 cm³/mol. The van der Waals surface area contributed by atoms with Crippen molar-refractivity contribution in [2.75, 3.05) is 5.32 Å². The molecule has 0 aliphatic carbocycles. The molecule has 5 aromatic rings. The van der Waals surface area contributed by atoms with Crippen molar-refractivity contribution in [2.45, 2.75) is 26.9 Å². The molecule has 166 valence electrons. The average molecular weight is 460 g/mol. The van der Waals surface area contributed by atoms with Crippen LogP contribution in [0.2, 0.25) is 0 Å². The Hall–Kier alpha value is -3.78. The molecule has 0 saturated carbocycles. The molecule has 2 aromatic carbocycles. The van der Waals surface area contributed by atoms with Crippen LogP contribution in [0.15, 0.2) is 67.0 Å². The zero-order chi connectivity index (χ0) is 22.9. The third-order valence-corrected chi connectivity index (χ3v) is 6.71. The van der Waals surface area contributed by atoms with Gasteiger partial charge >= 0.3 is 0 Å². The van der Waals surface area contributed by atoms with Crippen molar-refractivity contribution < 1.29 is 9.18 Å². The lowest BCUT2D eigenvalue weighted by atomic mass is 10.2. The van der Waals surface area contributed by atoms with E-state index in [1.54, 1.807) is 18.3 Å². The van der Waals surface area contributed by atoms with Gasteiger partial charge in [-0.3, -0.25) is 9.48 Å². The molecule has 0 aliphatic rings. The standard InChI is InChI=1S/C25H22FN5OS/c1-16-22-13-23(33-25(22)31(29-16)15-19-3-7-20(26)8-4-19)24(32)28-21-9-5-18(6-10-21)14-30-12-11-27-17(30)2/h3-13H,14-15H2,1-2H3,(H,28,32). The lowest BCUT2D eigenvalue weighted by Gasteiger charge is -2.07. The smallest absolute Gasteiger partial charge is 0.265 e. The van der Waals surface area contributed by atoms with Crippen molar-refractivity contribution in [3.63, 3.8) is 0 Å². The van der Waals surface area contributed by atoms with Crippen LogP contribution in [0.5, 0.6) is 0 Å². The summed E-state index contributed by atoms with van der Waals surface area (Å²) in [4.78, 5) is 18.7. The molecule has 1 amide bonds. The summed E-state index contributed by atoms with van der Waals surface area (Å²) < 4.78 is 17.1. The van der Waals surface area contributed by atoms with Crippen LogP contribution in [0.1, 0.15) is 32.3 Å². The van der Waals surface area contributed by atoms with Gasteiger partial charge in [0.25, 0.3) is 5.91 Å². The quantitative estimate of drug-likeness (QED) is 0.370. The minimum atomic E-state index is -0.263. The van der Waals surface area contributed by atoms with Gasteiger partial charge in [-0.15, -0.1) is 11.3 Å². The molecule has 8 heteroatoms. The Bertz CT molecular complexity index is 1430. The maximum absolute atomic E-state index is 13.2. The number of thiophene rings is 1. The molecular weight excluding hydrogens is 437 g/mol. The number of aryl methyl sites for hydroxylation is 2. The summed E-state index contributed by atoms with van der Waals surface area (Å²) in [6.45, 7) is 5.16. The molecule has 0 spiro atoms. The summed E-state index contributed by atoms with van der Waals surface area (Å²) >= 11 is 1.41. The minimum absolute atomic E-state index is 0.151. The van der Waals surface area contributed by atoms with Crippen LogP contribution in [0.4, 0.5) is 10.1 Å². The Labute approximate surface area is 194 Å². The van der Waals surface area contributed by atoms with Gasteiger partial charge in [0.2, 0.25) is 0 Å². The normalized spacial score (nSPS) is 11.2. The van der Waals surface area contributed by atoms with Crippen molar-refractivity contribution in [1.29, 1.82) is 0 Å². The van der Waals surface area contributed by atoms with Crippen LogP contribution < -0.4 is 5.32 Å². The fourth-order valence-electron chi connectivity index (χ4n) is 3.75. The Morgan fingerprint density at radius 3 is 2.42 bits per heavy atom. The zero-order valence-electron chi connectivity index (χ0n) is 18.2. The number of imidazole rings is 1. The van der Waals surface area contributed by atoms with E-state index in [-0.39, 0.29) is 11.7 Å². The van der Waals surface area contributed by atoms with E-state index in [2.05, 4.69) is 20.0 Å². The van der Waals surface area contributed by atoms with Crippen LogP contribution in [-0.2, 0) is 13.1 Å². The Kier molecular flexibility index (Phi) is 5.51. The van der Waals surface area contributed by atoms with Crippen LogP contribution in [0, 0.1) is 19.7 Å². The van der Waals surface area contributed by atoms with Gasteiger partial charge in [0.05, 0.1) is 17.1 Å². The number of hydrogen-bond donors (Lipinski definition) is 1. The number of halogens is 1. The predicted octanol–water partition coefficient (Wildman–Crippen LogP) is 5.40. The van der Waals surface area contributed by atoms with Crippen molar-refractivity contribution in [2.24, 2.45) is 0 Å². The van der Waals surface area contributed by atoms with Gasteiger partial charge in [0.15, 0.2) is 0 Å². The molecule has 1 N–H and O–H groups in total. The number of hydrogen-bond acceptors (Lipinski definition) is 4. The first-order valence-corrected chi connectivity index (χ1v) is 11.4. The molecular formula is C25H22FN5OS. The molecule has 6 nitrogen and oxygen atoms in total. The Balaban J connectivity index is 1.31. The largest absolute Gasteiger partial charge is 0.331 e. The highest BCUT2D eigenvalue weighted by Crippen LogP contribution is 2.29. The number of nitrogens with zero attached hydrogens (tertiary/aromatic N) is 4. The highest BCUT2D eigenvalue weighted by molar-refractivity contribution is 7.20. The second kappa shape index (κ2) is 8.63. The number of carbonyl (C=O) groups is 1. The third-order valence-electron chi connectivity index (χ3n) is 5.57. The van der Waals surface area contributed by atoms with Crippen molar-refractivity contribution in [1.82, 2.24) is 19.3 Å². The van der Waals surface area contributed by atoms with Crippen LogP contribution in [-0.4, -0.2) is 25.2 Å². The van der Waals surface area contributed by atoms with Crippen LogP contribution >= 0.6 is 11.3 Å².